The van der Waals surface area contributed by atoms with Crippen LogP contribution in [0.15, 0.2) is 57.7 Å². The average Bonchev–Trinajstić information content (AvgIpc) is 3.11. The summed E-state index contributed by atoms with van der Waals surface area (Å²) in [6, 6.07) is 13.9. The average molecular weight is 440 g/mol. The Balaban J connectivity index is 1.72. The molecule has 2 aromatic carbocycles. The number of aryl methyl sites for hydroxylation is 2. The molecule has 0 N–H and O–H groups in total. The monoisotopic (exact) mass is 439 g/mol. The number of carbonyl (C=O) groups is 1. The fourth-order valence-electron chi connectivity index (χ4n) is 3.97. The second kappa shape index (κ2) is 8.30. The molecule has 1 aromatic heterocycles. The second-order valence-electron chi connectivity index (χ2n) is 8.13. The van der Waals surface area contributed by atoms with E-state index >= 15 is 0 Å². The molecule has 1 fully saturated rings. The summed E-state index contributed by atoms with van der Waals surface area (Å²) in [5, 5.41) is 0.410. The molecule has 0 spiro atoms. The number of hydrogen-bond donors (Lipinski definition) is 0. The maximum absolute atomic E-state index is 13.4. The summed E-state index contributed by atoms with van der Waals surface area (Å²) < 4.78 is 30.0. The standard InChI is InChI=1S/C24H25NO5S/c1-3-17-5-7-18(8-6-17)14-25(19-10-11-31(28,29)15-19)24(27)23-13-21(26)20-9-4-16(2)12-22(20)30-23/h4-9,12-13,19H,3,10-11,14-15H2,1-2H3/t19-/m0/s1. The van der Waals surface area contributed by atoms with Crippen molar-refractivity contribution < 1.29 is 17.6 Å². The van der Waals surface area contributed by atoms with Crippen LogP contribution in [0, 0.1) is 6.92 Å². The minimum Gasteiger partial charge on any atom is -0.451 e. The molecule has 1 aliphatic rings. The Hall–Kier alpha value is -2.93. The van der Waals surface area contributed by atoms with Crippen LogP contribution in [0.1, 0.15) is 40.6 Å². The SMILES string of the molecule is CCc1ccc(CN(C(=O)c2cc(=O)c3ccc(C)cc3o2)[C@H]2CCS(=O)(=O)C2)cc1. The molecule has 1 amide bonds. The molecule has 0 aliphatic carbocycles. The summed E-state index contributed by atoms with van der Waals surface area (Å²) in [7, 11) is -3.19. The fourth-order valence-corrected chi connectivity index (χ4v) is 5.70. The molecule has 7 heteroatoms. The Morgan fingerprint density at radius 2 is 1.81 bits per heavy atom. The minimum absolute atomic E-state index is 0.0527. The maximum Gasteiger partial charge on any atom is 0.290 e. The van der Waals surface area contributed by atoms with Crippen LogP contribution >= 0.6 is 0 Å². The summed E-state index contributed by atoms with van der Waals surface area (Å²) in [5.74, 6) is -0.570. The van der Waals surface area contributed by atoms with Gasteiger partial charge >= 0.3 is 0 Å². The van der Waals surface area contributed by atoms with Crippen LogP contribution in [0.5, 0.6) is 0 Å². The number of hydrogen-bond acceptors (Lipinski definition) is 5. The topological polar surface area (TPSA) is 84.7 Å². The molecule has 0 radical (unpaired) electrons. The number of sulfone groups is 1. The zero-order chi connectivity index (χ0) is 22.2. The van der Waals surface area contributed by atoms with Crippen LogP contribution in [0.2, 0.25) is 0 Å². The molecule has 162 valence electrons. The predicted molar refractivity (Wildman–Crippen MR) is 120 cm³/mol. The molecule has 31 heavy (non-hydrogen) atoms. The van der Waals surface area contributed by atoms with Crippen LogP contribution in [-0.2, 0) is 22.8 Å². The number of amides is 1. The normalized spacial score (nSPS) is 17.7. The van der Waals surface area contributed by atoms with E-state index in [1.165, 1.54) is 16.5 Å². The van der Waals surface area contributed by atoms with Crippen molar-refractivity contribution in [2.45, 2.75) is 39.3 Å². The van der Waals surface area contributed by atoms with E-state index in [0.29, 0.717) is 17.4 Å². The molecule has 1 aliphatic heterocycles. The van der Waals surface area contributed by atoms with Gasteiger partial charge in [-0.1, -0.05) is 37.3 Å². The zero-order valence-corrected chi connectivity index (χ0v) is 18.4. The third-order valence-corrected chi connectivity index (χ3v) is 7.54. The highest BCUT2D eigenvalue weighted by Crippen LogP contribution is 2.24. The molecule has 0 saturated carbocycles. The number of benzene rings is 2. The lowest BCUT2D eigenvalue weighted by Gasteiger charge is -2.28. The van der Waals surface area contributed by atoms with Gasteiger partial charge in [0.25, 0.3) is 5.91 Å². The van der Waals surface area contributed by atoms with Crippen molar-refractivity contribution in [1.29, 1.82) is 0 Å². The lowest BCUT2D eigenvalue weighted by Crippen LogP contribution is -2.40. The molecule has 4 rings (SSSR count). The largest absolute Gasteiger partial charge is 0.451 e. The molecular weight excluding hydrogens is 414 g/mol. The van der Waals surface area contributed by atoms with E-state index < -0.39 is 21.8 Å². The summed E-state index contributed by atoms with van der Waals surface area (Å²) in [5.41, 5.74) is 3.04. The zero-order valence-electron chi connectivity index (χ0n) is 17.6. The van der Waals surface area contributed by atoms with Crippen LogP contribution in [-0.4, -0.2) is 36.8 Å². The van der Waals surface area contributed by atoms with E-state index in [-0.39, 0.29) is 29.2 Å². The lowest BCUT2D eigenvalue weighted by atomic mass is 10.1. The first-order valence-electron chi connectivity index (χ1n) is 10.4. The Morgan fingerprint density at radius 1 is 1.10 bits per heavy atom. The number of carbonyl (C=O) groups excluding carboxylic acids is 1. The molecule has 0 unspecified atom stereocenters. The summed E-state index contributed by atoms with van der Waals surface area (Å²) in [6.45, 7) is 4.19. The Morgan fingerprint density at radius 3 is 2.45 bits per heavy atom. The number of fused-ring (bicyclic) bond motifs is 1. The highest BCUT2D eigenvalue weighted by molar-refractivity contribution is 7.91. The lowest BCUT2D eigenvalue weighted by molar-refractivity contribution is 0.0648. The highest BCUT2D eigenvalue weighted by Gasteiger charge is 2.36. The van der Waals surface area contributed by atoms with Crippen LogP contribution < -0.4 is 5.43 Å². The van der Waals surface area contributed by atoms with Gasteiger partial charge in [-0.05, 0) is 48.6 Å². The molecule has 1 atom stereocenters. The Kier molecular flexibility index (Phi) is 5.71. The third kappa shape index (κ3) is 4.56. The van der Waals surface area contributed by atoms with E-state index in [2.05, 4.69) is 6.92 Å². The van der Waals surface area contributed by atoms with E-state index in [4.69, 9.17) is 4.42 Å². The Labute approximate surface area is 181 Å². The Bertz CT molecular complexity index is 1290. The van der Waals surface area contributed by atoms with E-state index in [1.807, 2.05) is 37.3 Å². The first-order valence-corrected chi connectivity index (χ1v) is 12.2. The van der Waals surface area contributed by atoms with Gasteiger partial charge in [0.15, 0.2) is 21.0 Å². The van der Waals surface area contributed by atoms with Crippen LogP contribution in [0.4, 0.5) is 0 Å². The molecule has 6 nitrogen and oxygen atoms in total. The van der Waals surface area contributed by atoms with E-state index in [0.717, 1.165) is 17.5 Å². The minimum atomic E-state index is -3.19. The third-order valence-electron chi connectivity index (χ3n) is 5.79. The summed E-state index contributed by atoms with van der Waals surface area (Å²) in [6.07, 6.45) is 1.28. The van der Waals surface area contributed by atoms with Crippen molar-refractivity contribution in [2.75, 3.05) is 11.5 Å². The first-order chi connectivity index (χ1) is 14.8. The van der Waals surface area contributed by atoms with Gasteiger partial charge in [-0.15, -0.1) is 0 Å². The smallest absolute Gasteiger partial charge is 0.290 e. The van der Waals surface area contributed by atoms with Crippen molar-refractivity contribution in [1.82, 2.24) is 4.90 Å². The van der Waals surface area contributed by atoms with Gasteiger partial charge in [0, 0.05) is 18.7 Å². The van der Waals surface area contributed by atoms with Gasteiger partial charge in [-0.25, -0.2) is 8.42 Å². The molecule has 1 saturated heterocycles. The van der Waals surface area contributed by atoms with Gasteiger partial charge in [-0.3, -0.25) is 9.59 Å². The van der Waals surface area contributed by atoms with E-state index in [1.54, 1.807) is 12.1 Å². The van der Waals surface area contributed by atoms with Crippen molar-refractivity contribution in [2.24, 2.45) is 0 Å². The predicted octanol–water partition coefficient (Wildman–Crippen LogP) is 3.49. The van der Waals surface area contributed by atoms with Crippen LogP contribution in [0.3, 0.4) is 0 Å². The highest BCUT2D eigenvalue weighted by atomic mass is 32.2. The van der Waals surface area contributed by atoms with Gasteiger partial charge in [0.1, 0.15) is 5.58 Å². The fraction of sp³-hybridized carbons (Fsp3) is 0.333. The van der Waals surface area contributed by atoms with Gasteiger partial charge in [-0.2, -0.15) is 0 Å². The van der Waals surface area contributed by atoms with Crippen LogP contribution in [0.25, 0.3) is 11.0 Å². The van der Waals surface area contributed by atoms with Gasteiger partial charge in [0.2, 0.25) is 0 Å². The van der Waals surface area contributed by atoms with Gasteiger partial charge in [0.05, 0.1) is 16.9 Å². The maximum atomic E-state index is 13.4. The quantitative estimate of drug-likeness (QED) is 0.608. The molecule has 3 aromatic rings. The summed E-state index contributed by atoms with van der Waals surface area (Å²) >= 11 is 0. The van der Waals surface area contributed by atoms with Crippen molar-refractivity contribution >= 4 is 26.7 Å². The van der Waals surface area contributed by atoms with E-state index in [9.17, 15) is 18.0 Å². The first kappa shape index (κ1) is 21.3. The van der Waals surface area contributed by atoms with Crippen molar-refractivity contribution in [3.63, 3.8) is 0 Å². The molecular formula is C24H25NO5S. The van der Waals surface area contributed by atoms with Gasteiger partial charge < -0.3 is 9.32 Å². The molecule has 0 bridgehead atoms. The molecule has 2 heterocycles. The van der Waals surface area contributed by atoms with Crippen molar-refractivity contribution in [3.05, 3.63) is 81.2 Å². The summed E-state index contributed by atoms with van der Waals surface area (Å²) in [4.78, 5) is 27.5. The second-order valence-corrected chi connectivity index (χ2v) is 10.4. The number of rotatable bonds is 5. The number of nitrogens with zero attached hydrogens (tertiary/aromatic N) is 1. The van der Waals surface area contributed by atoms with Crippen molar-refractivity contribution in [3.8, 4) is 0 Å².